The Morgan fingerprint density at radius 2 is 1.79 bits per heavy atom. The lowest BCUT2D eigenvalue weighted by atomic mass is 10.1. The molecule has 0 amide bonds. The molecule has 0 unspecified atom stereocenters. The lowest BCUT2D eigenvalue weighted by Gasteiger charge is -2.26. The predicted octanol–water partition coefficient (Wildman–Crippen LogP) is 2.68. The Morgan fingerprint density at radius 3 is 2.50 bits per heavy atom. The van der Waals surface area contributed by atoms with Crippen LogP contribution in [0.5, 0.6) is 0 Å². The number of likely N-dealkylation sites (tertiary alicyclic amines) is 1. The first-order chi connectivity index (χ1) is 6.93. The van der Waals surface area contributed by atoms with Crippen LogP contribution in [0.1, 0.15) is 45.4 Å². The van der Waals surface area contributed by atoms with Gasteiger partial charge in [-0.25, -0.2) is 0 Å². The molecule has 1 heterocycles. The van der Waals surface area contributed by atoms with Crippen molar-refractivity contribution in [2.75, 3.05) is 32.8 Å². The van der Waals surface area contributed by atoms with Gasteiger partial charge >= 0.3 is 0 Å². The third-order valence-electron chi connectivity index (χ3n) is 2.81. The molecule has 1 fully saturated rings. The van der Waals surface area contributed by atoms with Crippen molar-refractivity contribution in [3.8, 4) is 0 Å². The summed E-state index contributed by atoms with van der Waals surface area (Å²) in [4.78, 5) is 2.60. The van der Waals surface area contributed by atoms with Crippen molar-refractivity contribution in [1.82, 2.24) is 4.90 Å². The van der Waals surface area contributed by atoms with Crippen LogP contribution in [0.4, 0.5) is 0 Å². The van der Waals surface area contributed by atoms with Gasteiger partial charge in [0.15, 0.2) is 0 Å². The molecule has 0 aliphatic carbocycles. The lowest BCUT2D eigenvalue weighted by Crippen LogP contribution is -2.30. The van der Waals surface area contributed by atoms with Gasteiger partial charge in [0.25, 0.3) is 0 Å². The van der Waals surface area contributed by atoms with Crippen LogP contribution < -0.4 is 0 Å². The minimum absolute atomic E-state index is 0.934. The molecule has 0 aromatic rings. The van der Waals surface area contributed by atoms with Gasteiger partial charge in [-0.3, -0.25) is 0 Å². The van der Waals surface area contributed by atoms with E-state index in [-0.39, 0.29) is 0 Å². The zero-order valence-electron chi connectivity index (χ0n) is 9.63. The number of hydrogen-bond acceptors (Lipinski definition) is 2. The Morgan fingerprint density at radius 1 is 1.00 bits per heavy atom. The topological polar surface area (TPSA) is 12.5 Å². The van der Waals surface area contributed by atoms with Crippen LogP contribution in [0.2, 0.25) is 0 Å². The molecule has 0 radical (unpaired) electrons. The fourth-order valence-corrected chi connectivity index (χ4v) is 1.97. The maximum Gasteiger partial charge on any atom is 0.0466 e. The Kier molecular flexibility index (Phi) is 7.06. The van der Waals surface area contributed by atoms with Gasteiger partial charge in [0, 0.05) is 13.2 Å². The standard InChI is InChI=1S/C12H25NO/c1-2-11-14-12-7-6-10-13-8-4-3-5-9-13/h2-12H2,1H3. The molecule has 2 nitrogen and oxygen atoms in total. The largest absolute Gasteiger partial charge is 0.381 e. The van der Waals surface area contributed by atoms with E-state index in [1.54, 1.807) is 0 Å². The number of hydrogen-bond donors (Lipinski definition) is 0. The molecule has 84 valence electrons. The summed E-state index contributed by atoms with van der Waals surface area (Å²) in [5, 5.41) is 0. The maximum atomic E-state index is 5.45. The first-order valence-corrected chi connectivity index (χ1v) is 6.23. The smallest absolute Gasteiger partial charge is 0.0466 e. The molecule has 0 saturated carbocycles. The molecule has 0 bridgehead atoms. The second-order valence-electron chi connectivity index (χ2n) is 4.22. The van der Waals surface area contributed by atoms with E-state index in [1.807, 2.05) is 0 Å². The summed E-state index contributed by atoms with van der Waals surface area (Å²) in [6.07, 6.45) is 7.95. The Bertz CT molecular complexity index is 121. The first kappa shape index (κ1) is 12.0. The van der Waals surface area contributed by atoms with Crippen LogP contribution >= 0.6 is 0 Å². The van der Waals surface area contributed by atoms with Gasteiger partial charge in [-0.1, -0.05) is 13.3 Å². The molecule has 0 atom stereocenters. The van der Waals surface area contributed by atoms with E-state index in [0.717, 1.165) is 19.6 Å². The number of nitrogens with zero attached hydrogens (tertiary/aromatic N) is 1. The van der Waals surface area contributed by atoms with Gasteiger partial charge in [-0.15, -0.1) is 0 Å². The second-order valence-corrected chi connectivity index (χ2v) is 4.22. The summed E-state index contributed by atoms with van der Waals surface area (Å²) < 4.78 is 5.45. The van der Waals surface area contributed by atoms with Crippen molar-refractivity contribution in [2.45, 2.75) is 45.4 Å². The van der Waals surface area contributed by atoms with Crippen molar-refractivity contribution < 1.29 is 4.74 Å². The zero-order valence-corrected chi connectivity index (χ0v) is 9.63. The highest BCUT2D eigenvalue weighted by Gasteiger charge is 2.08. The van der Waals surface area contributed by atoms with E-state index in [0.29, 0.717) is 0 Å². The molecule has 1 rings (SSSR count). The minimum Gasteiger partial charge on any atom is -0.381 e. The van der Waals surface area contributed by atoms with Crippen LogP contribution in [-0.2, 0) is 4.74 Å². The second kappa shape index (κ2) is 8.25. The molecule has 0 aromatic heterocycles. The van der Waals surface area contributed by atoms with Gasteiger partial charge in [0.1, 0.15) is 0 Å². The average Bonchev–Trinajstić information content (AvgIpc) is 2.25. The highest BCUT2D eigenvalue weighted by molar-refractivity contribution is 4.63. The van der Waals surface area contributed by atoms with Gasteiger partial charge < -0.3 is 9.64 Å². The normalized spacial score (nSPS) is 18.6. The van der Waals surface area contributed by atoms with E-state index in [9.17, 15) is 0 Å². The molecule has 0 spiro atoms. The van der Waals surface area contributed by atoms with Crippen LogP contribution in [0.15, 0.2) is 0 Å². The van der Waals surface area contributed by atoms with E-state index >= 15 is 0 Å². The maximum absolute atomic E-state index is 5.45. The Balaban J connectivity index is 1.82. The molecular weight excluding hydrogens is 174 g/mol. The zero-order chi connectivity index (χ0) is 10.1. The van der Waals surface area contributed by atoms with Crippen LogP contribution in [0, 0.1) is 0 Å². The highest BCUT2D eigenvalue weighted by Crippen LogP contribution is 2.09. The Hall–Kier alpha value is -0.0800. The summed E-state index contributed by atoms with van der Waals surface area (Å²) in [5.74, 6) is 0. The van der Waals surface area contributed by atoms with Gasteiger partial charge in [-0.05, 0) is 51.7 Å². The SMILES string of the molecule is CCCOCCCCN1CCCCC1. The minimum atomic E-state index is 0.934. The van der Waals surface area contributed by atoms with Gasteiger partial charge in [0.05, 0.1) is 0 Å². The van der Waals surface area contributed by atoms with Crippen molar-refractivity contribution >= 4 is 0 Å². The number of piperidine rings is 1. The van der Waals surface area contributed by atoms with E-state index in [2.05, 4.69) is 11.8 Å². The summed E-state index contributed by atoms with van der Waals surface area (Å²) >= 11 is 0. The lowest BCUT2D eigenvalue weighted by molar-refractivity contribution is 0.126. The molecule has 0 aromatic carbocycles. The molecule has 14 heavy (non-hydrogen) atoms. The molecule has 0 N–H and O–H groups in total. The summed E-state index contributed by atoms with van der Waals surface area (Å²) in [6.45, 7) is 8.00. The average molecular weight is 199 g/mol. The fraction of sp³-hybridized carbons (Fsp3) is 1.00. The van der Waals surface area contributed by atoms with Crippen molar-refractivity contribution in [2.24, 2.45) is 0 Å². The third-order valence-corrected chi connectivity index (χ3v) is 2.81. The highest BCUT2D eigenvalue weighted by atomic mass is 16.5. The quantitative estimate of drug-likeness (QED) is 0.584. The summed E-state index contributed by atoms with van der Waals surface area (Å²) in [5.41, 5.74) is 0. The van der Waals surface area contributed by atoms with Gasteiger partial charge in [0.2, 0.25) is 0 Å². The first-order valence-electron chi connectivity index (χ1n) is 6.23. The van der Waals surface area contributed by atoms with E-state index < -0.39 is 0 Å². The number of rotatable bonds is 7. The molecule has 1 saturated heterocycles. The molecule has 1 aliphatic heterocycles. The van der Waals surface area contributed by atoms with Crippen LogP contribution in [0.3, 0.4) is 0 Å². The third kappa shape index (κ3) is 5.61. The van der Waals surface area contributed by atoms with Crippen molar-refractivity contribution in [1.29, 1.82) is 0 Å². The number of ether oxygens (including phenoxy) is 1. The molecule has 2 heteroatoms. The molecular formula is C12H25NO. The summed E-state index contributed by atoms with van der Waals surface area (Å²) in [6, 6.07) is 0. The van der Waals surface area contributed by atoms with E-state index in [4.69, 9.17) is 4.74 Å². The van der Waals surface area contributed by atoms with E-state index in [1.165, 1.54) is 51.7 Å². The van der Waals surface area contributed by atoms with Crippen LogP contribution in [0.25, 0.3) is 0 Å². The molecule has 1 aliphatic rings. The fourth-order valence-electron chi connectivity index (χ4n) is 1.97. The monoisotopic (exact) mass is 199 g/mol. The Labute approximate surface area is 88.6 Å². The number of unbranched alkanes of at least 4 members (excludes halogenated alkanes) is 1. The van der Waals surface area contributed by atoms with Crippen molar-refractivity contribution in [3.05, 3.63) is 0 Å². The summed E-state index contributed by atoms with van der Waals surface area (Å²) in [7, 11) is 0. The van der Waals surface area contributed by atoms with Gasteiger partial charge in [-0.2, -0.15) is 0 Å². The van der Waals surface area contributed by atoms with Crippen molar-refractivity contribution in [3.63, 3.8) is 0 Å². The van der Waals surface area contributed by atoms with Crippen LogP contribution in [-0.4, -0.2) is 37.7 Å². The predicted molar refractivity (Wildman–Crippen MR) is 60.6 cm³/mol.